The molecule has 0 unspecified atom stereocenters. The topological polar surface area (TPSA) is 57.2 Å². The van der Waals surface area contributed by atoms with Crippen molar-refractivity contribution in [2.75, 3.05) is 0 Å². The molecule has 0 aromatic heterocycles. The maximum Gasteiger partial charge on any atom is 1.00 e. The number of hydrogen-bond donors (Lipinski definition) is 0. The summed E-state index contributed by atoms with van der Waals surface area (Å²) in [4.78, 5) is 24.0. The Kier molecular flexibility index (Phi) is 5.27. The summed E-state index contributed by atoms with van der Waals surface area (Å²) in [5, 5.41) is 10.7. The summed E-state index contributed by atoms with van der Waals surface area (Å²) in [5.41, 5.74) is 3.05. The number of rotatable bonds is 2. The van der Waals surface area contributed by atoms with E-state index in [-0.39, 0.29) is 41.8 Å². The van der Waals surface area contributed by atoms with Gasteiger partial charge in [0.1, 0.15) is 0 Å². The molecule has 0 radical (unpaired) electrons. The molecule has 1 aliphatic rings. The summed E-state index contributed by atoms with van der Waals surface area (Å²) in [6, 6.07) is 12.7. The molecule has 0 atom stereocenters. The minimum atomic E-state index is -1.11. The summed E-state index contributed by atoms with van der Waals surface area (Å²) in [6.45, 7) is 0. The summed E-state index contributed by atoms with van der Waals surface area (Å²) >= 11 is 1.56. The first-order valence-corrected chi connectivity index (χ1v) is 7.22. The number of ketones is 1. The monoisotopic (exact) mass is 306 g/mol. The zero-order valence-corrected chi connectivity index (χ0v) is 14.4. The van der Waals surface area contributed by atoms with E-state index in [0.29, 0.717) is 16.9 Å². The minimum Gasteiger partial charge on any atom is -0.550 e. The number of carboxylic acid groups (broad SMARTS) is 1. The predicted molar refractivity (Wildman–Crippen MR) is 74.6 cm³/mol. The molecule has 100 valence electrons. The van der Waals surface area contributed by atoms with Crippen LogP contribution in [-0.4, -0.2) is 11.8 Å². The summed E-state index contributed by atoms with van der Waals surface area (Å²) in [5.74, 6) is -0.400. The smallest absolute Gasteiger partial charge is 0.550 e. The van der Waals surface area contributed by atoms with Gasteiger partial charge in [0.05, 0.1) is 0 Å². The summed E-state index contributed by atoms with van der Waals surface area (Å²) in [6.07, 6.45) is -0.130. The van der Waals surface area contributed by atoms with E-state index in [0.717, 1.165) is 16.0 Å². The van der Waals surface area contributed by atoms with Crippen molar-refractivity contribution in [2.45, 2.75) is 17.1 Å². The third-order valence-electron chi connectivity index (χ3n) is 3.28. The van der Waals surface area contributed by atoms with Crippen LogP contribution in [-0.2, 0) is 17.0 Å². The Balaban J connectivity index is 0.00000161. The maximum absolute atomic E-state index is 12.5. The average molecular weight is 306 g/mol. The van der Waals surface area contributed by atoms with E-state index in [1.807, 2.05) is 24.3 Å². The van der Waals surface area contributed by atoms with Gasteiger partial charge in [-0.25, -0.2) is 0 Å². The van der Waals surface area contributed by atoms with Crippen molar-refractivity contribution in [2.24, 2.45) is 0 Å². The van der Waals surface area contributed by atoms with Crippen LogP contribution < -0.4 is 34.7 Å². The largest absolute Gasteiger partial charge is 1.00 e. The molecule has 3 nitrogen and oxygen atoms in total. The van der Waals surface area contributed by atoms with Crippen molar-refractivity contribution in [1.29, 1.82) is 0 Å². The quantitative estimate of drug-likeness (QED) is 0.656. The predicted octanol–water partition coefficient (Wildman–Crippen LogP) is -1.18. The molecule has 0 N–H and O–H groups in total. The van der Waals surface area contributed by atoms with Crippen LogP contribution in [0.2, 0.25) is 0 Å². The van der Waals surface area contributed by atoms with Gasteiger partial charge in [-0.1, -0.05) is 30.3 Å². The standard InChI is InChI=1S/C16H12O3S.Na/c17-15(18)8-10-5-6-13-14(7-10)20-9-11-3-1-2-4-12(11)16(13)19;/h1-7H,8-9H2,(H,17,18);/q;+1/p-1. The van der Waals surface area contributed by atoms with Crippen molar-refractivity contribution in [3.8, 4) is 0 Å². The van der Waals surface area contributed by atoms with Crippen molar-refractivity contribution in [3.63, 3.8) is 0 Å². The van der Waals surface area contributed by atoms with Crippen LogP contribution in [0.15, 0.2) is 47.4 Å². The van der Waals surface area contributed by atoms with E-state index < -0.39 is 5.97 Å². The molecule has 0 amide bonds. The first-order chi connectivity index (χ1) is 9.65. The maximum atomic E-state index is 12.5. The van der Waals surface area contributed by atoms with E-state index >= 15 is 0 Å². The Labute approximate surface area is 149 Å². The van der Waals surface area contributed by atoms with Crippen molar-refractivity contribution in [3.05, 3.63) is 64.7 Å². The fourth-order valence-corrected chi connectivity index (χ4v) is 3.43. The molecular weight excluding hydrogens is 295 g/mol. The van der Waals surface area contributed by atoms with E-state index in [4.69, 9.17) is 0 Å². The molecular formula is C16H11NaO3S. The fraction of sp³-hybridized carbons (Fsp3) is 0.125. The second kappa shape index (κ2) is 6.79. The molecule has 3 rings (SSSR count). The summed E-state index contributed by atoms with van der Waals surface area (Å²) < 4.78 is 0. The second-order valence-corrected chi connectivity index (χ2v) is 5.67. The molecule has 5 heteroatoms. The van der Waals surface area contributed by atoms with E-state index in [9.17, 15) is 14.7 Å². The van der Waals surface area contributed by atoms with Crippen LogP contribution in [0.3, 0.4) is 0 Å². The molecule has 1 heterocycles. The van der Waals surface area contributed by atoms with Crippen LogP contribution in [0.5, 0.6) is 0 Å². The van der Waals surface area contributed by atoms with Gasteiger partial charge in [-0.15, -0.1) is 11.8 Å². The molecule has 2 aromatic rings. The SMILES string of the molecule is O=C([O-])Cc1ccc2c(c1)SCc1ccccc1C2=O.[Na+]. The van der Waals surface area contributed by atoms with Crippen molar-refractivity contribution in [1.82, 2.24) is 0 Å². The molecule has 0 saturated heterocycles. The number of aliphatic carboxylic acids is 1. The minimum absolute atomic E-state index is 0. The van der Waals surface area contributed by atoms with Crippen LogP contribution in [0.1, 0.15) is 27.0 Å². The number of hydrogen-bond acceptors (Lipinski definition) is 4. The third kappa shape index (κ3) is 3.40. The molecule has 0 saturated carbocycles. The average Bonchev–Trinajstić information content (AvgIpc) is 2.57. The second-order valence-electron chi connectivity index (χ2n) is 4.65. The summed E-state index contributed by atoms with van der Waals surface area (Å²) in [7, 11) is 0. The van der Waals surface area contributed by atoms with Gasteiger partial charge in [-0.05, 0) is 23.3 Å². The fourth-order valence-electron chi connectivity index (χ4n) is 2.32. The third-order valence-corrected chi connectivity index (χ3v) is 4.39. The Hall–Kier alpha value is -1.07. The zero-order chi connectivity index (χ0) is 14.1. The molecule has 0 aliphatic carbocycles. The van der Waals surface area contributed by atoms with Crippen molar-refractivity contribution >= 4 is 23.5 Å². The van der Waals surface area contributed by atoms with E-state index in [1.54, 1.807) is 30.0 Å². The van der Waals surface area contributed by atoms with Gasteiger partial charge in [0.15, 0.2) is 5.78 Å². The Morgan fingerprint density at radius 2 is 1.90 bits per heavy atom. The number of thioether (sulfide) groups is 1. The molecule has 0 fully saturated rings. The number of carbonyl (C=O) groups is 2. The van der Waals surface area contributed by atoms with Crippen LogP contribution in [0.4, 0.5) is 0 Å². The van der Waals surface area contributed by atoms with E-state index in [2.05, 4.69) is 0 Å². The van der Waals surface area contributed by atoms with Crippen LogP contribution in [0, 0.1) is 0 Å². The van der Waals surface area contributed by atoms with Gasteiger partial charge in [0.25, 0.3) is 0 Å². The molecule has 0 bridgehead atoms. The van der Waals surface area contributed by atoms with E-state index in [1.165, 1.54) is 0 Å². The zero-order valence-electron chi connectivity index (χ0n) is 11.6. The number of carboxylic acids is 1. The molecule has 2 aromatic carbocycles. The molecule has 21 heavy (non-hydrogen) atoms. The van der Waals surface area contributed by atoms with Gasteiger partial charge >= 0.3 is 29.6 Å². The Morgan fingerprint density at radius 3 is 2.67 bits per heavy atom. The number of fused-ring (bicyclic) bond motifs is 2. The van der Waals surface area contributed by atoms with Gasteiger partial charge in [0, 0.05) is 34.2 Å². The van der Waals surface area contributed by atoms with Gasteiger partial charge in [-0.2, -0.15) is 0 Å². The first kappa shape index (κ1) is 16.3. The van der Waals surface area contributed by atoms with Crippen LogP contribution in [0.25, 0.3) is 0 Å². The molecule has 1 aliphatic heterocycles. The van der Waals surface area contributed by atoms with Gasteiger partial charge in [-0.3, -0.25) is 4.79 Å². The number of carbonyl (C=O) groups excluding carboxylic acids is 2. The molecule has 0 spiro atoms. The van der Waals surface area contributed by atoms with Gasteiger partial charge in [0.2, 0.25) is 0 Å². The Morgan fingerprint density at radius 1 is 1.14 bits per heavy atom. The number of benzene rings is 2. The first-order valence-electron chi connectivity index (χ1n) is 6.23. The van der Waals surface area contributed by atoms with Crippen molar-refractivity contribution < 1.29 is 44.3 Å². The normalized spacial score (nSPS) is 12.7. The Bertz CT molecular complexity index is 712. The van der Waals surface area contributed by atoms with Crippen LogP contribution >= 0.6 is 11.8 Å². The van der Waals surface area contributed by atoms with Gasteiger partial charge < -0.3 is 9.90 Å².